The Morgan fingerprint density at radius 1 is 0.692 bits per heavy atom. The third-order valence-corrected chi connectivity index (χ3v) is 4.90. The van der Waals surface area contributed by atoms with E-state index in [2.05, 4.69) is 61.8 Å². The van der Waals surface area contributed by atoms with Crippen molar-refractivity contribution in [3.05, 3.63) is 60.2 Å². The number of rotatable bonds is 11. The first-order valence-corrected chi connectivity index (χ1v) is 10.1. The largest absolute Gasteiger partial charge is 0.293 e. The molecule has 0 bridgehead atoms. The monoisotopic (exact) mass is 354 g/mol. The van der Waals surface area contributed by atoms with Gasteiger partial charge in [0.1, 0.15) is 0 Å². The Balaban J connectivity index is 2.56. The molecule has 2 rings (SSSR count). The molecule has 0 radical (unpaired) electrons. The first kappa shape index (κ1) is 20.5. The van der Waals surface area contributed by atoms with E-state index in [-0.39, 0.29) is 12.1 Å². The third kappa shape index (κ3) is 5.12. The van der Waals surface area contributed by atoms with E-state index in [9.17, 15) is 0 Å². The molecule has 2 aromatic heterocycles. The highest BCUT2D eigenvalue weighted by Gasteiger charge is 2.34. The van der Waals surface area contributed by atoms with Crippen LogP contribution in [0.2, 0.25) is 0 Å². The number of likely N-dealkylation sites (N-methyl/N-ethyl adjacent to an activating group) is 2. The van der Waals surface area contributed by atoms with E-state index in [0.29, 0.717) is 0 Å². The van der Waals surface area contributed by atoms with Gasteiger partial charge in [0.25, 0.3) is 0 Å². The van der Waals surface area contributed by atoms with Gasteiger partial charge < -0.3 is 0 Å². The van der Waals surface area contributed by atoms with Crippen LogP contribution >= 0.6 is 0 Å². The van der Waals surface area contributed by atoms with Crippen LogP contribution in [0.3, 0.4) is 0 Å². The van der Waals surface area contributed by atoms with Crippen LogP contribution in [-0.4, -0.2) is 45.9 Å². The van der Waals surface area contributed by atoms with Gasteiger partial charge in [0.05, 0.1) is 23.5 Å². The summed E-state index contributed by atoms with van der Waals surface area (Å²) in [5, 5.41) is 0. The van der Waals surface area contributed by atoms with E-state index >= 15 is 0 Å². The molecule has 2 atom stereocenters. The van der Waals surface area contributed by atoms with Gasteiger partial charge in [0.15, 0.2) is 0 Å². The molecule has 0 saturated carbocycles. The Kier molecular flexibility index (Phi) is 8.72. The molecule has 0 aliphatic carbocycles. The molecule has 0 saturated heterocycles. The van der Waals surface area contributed by atoms with Gasteiger partial charge in [-0.1, -0.05) is 39.8 Å². The van der Waals surface area contributed by atoms with Crippen LogP contribution in [0.15, 0.2) is 48.8 Å². The maximum atomic E-state index is 4.76. The van der Waals surface area contributed by atoms with Crippen LogP contribution in [0.4, 0.5) is 0 Å². The first-order chi connectivity index (χ1) is 12.8. The molecule has 142 valence electrons. The average molecular weight is 355 g/mol. The van der Waals surface area contributed by atoms with Crippen molar-refractivity contribution in [2.24, 2.45) is 0 Å². The van der Waals surface area contributed by atoms with Crippen molar-refractivity contribution in [2.45, 2.75) is 52.6 Å². The molecule has 0 amide bonds. The molecule has 4 nitrogen and oxygen atoms in total. The second kappa shape index (κ2) is 11.0. The van der Waals surface area contributed by atoms with E-state index in [4.69, 9.17) is 9.97 Å². The highest BCUT2D eigenvalue weighted by molar-refractivity contribution is 5.19. The van der Waals surface area contributed by atoms with E-state index in [0.717, 1.165) is 50.4 Å². The quantitative estimate of drug-likeness (QED) is 0.584. The molecular weight excluding hydrogens is 320 g/mol. The third-order valence-electron chi connectivity index (χ3n) is 4.90. The maximum Gasteiger partial charge on any atom is 0.0735 e. The minimum absolute atomic E-state index is 0.197. The van der Waals surface area contributed by atoms with Crippen molar-refractivity contribution in [1.29, 1.82) is 0 Å². The molecule has 0 aliphatic heterocycles. The zero-order valence-corrected chi connectivity index (χ0v) is 16.8. The highest BCUT2D eigenvalue weighted by atomic mass is 15.3. The Bertz CT molecular complexity index is 547. The smallest absolute Gasteiger partial charge is 0.0735 e. The van der Waals surface area contributed by atoms with Crippen LogP contribution in [0, 0.1) is 0 Å². The lowest BCUT2D eigenvalue weighted by Gasteiger charge is -2.41. The number of nitrogens with zero attached hydrogens (tertiary/aromatic N) is 4. The molecule has 0 unspecified atom stereocenters. The fourth-order valence-corrected chi connectivity index (χ4v) is 3.76. The van der Waals surface area contributed by atoms with Gasteiger partial charge in [-0.15, -0.1) is 0 Å². The zero-order chi connectivity index (χ0) is 18.8. The Morgan fingerprint density at radius 3 is 1.38 bits per heavy atom. The first-order valence-electron chi connectivity index (χ1n) is 10.1. The van der Waals surface area contributed by atoms with Crippen molar-refractivity contribution < 1.29 is 0 Å². The van der Waals surface area contributed by atoms with Gasteiger partial charge in [0.2, 0.25) is 0 Å². The van der Waals surface area contributed by atoms with Crippen molar-refractivity contribution in [1.82, 2.24) is 19.8 Å². The summed E-state index contributed by atoms with van der Waals surface area (Å²) in [6, 6.07) is 12.9. The van der Waals surface area contributed by atoms with Crippen LogP contribution in [0.5, 0.6) is 0 Å². The summed E-state index contributed by atoms with van der Waals surface area (Å²) in [6.45, 7) is 13.1. The van der Waals surface area contributed by atoms with Gasteiger partial charge in [-0.05, 0) is 63.3 Å². The van der Waals surface area contributed by atoms with Crippen LogP contribution < -0.4 is 0 Å². The maximum absolute atomic E-state index is 4.76. The van der Waals surface area contributed by atoms with E-state index in [1.54, 1.807) is 0 Å². The standard InChI is InChI=1S/C22H34N4/c1-5-17-25(7-3)21(19-13-9-11-15-23-19)22(26(8-4)18-6-2)20-14-10-12-16-24-20/h9-16,21-22H,5-8,17-18H2,1-4H3/t21-,22-/m1/s1. The average Bonchev–Trinajstić information content (AvgIpc) is 2.70. The summed E-state index contributed by atoms with van der Waals surface area (Å²) in [6.07, 6.45) is 6.08. The molecule has 2 aromatic rings. The van der Waals surface area contributed by atoms with Crippen molar-refractivity contribution in [3.8, 4) is 0 Å². The molecule has 0 aromatic carbocycles. The molecule has 0 spiro atoms. The summed E-state index contributed by atoms with van der Waals surface area (Å²) in [4.78, 5) is 14.6. The van der Waals surface area contributed by atoms with E-state index < -0.39 is 0 Å². The lowest BCUT2D eigenvalue weighted by Crippen LogP contribution is -2.42. The number of pyridine rings is 2. The Morgan fingerprint density at radius 2 is 1.12 bits per heavy atom. The molecule has 26 heavy (non-hydrogen) atoms. The van der Waals surface area contributed by atoms with Crippen LogP contribution in [0.1, 0.15) is 64.0 Å². The second-order valence-corrected chi connectivity index (χ2v) is 6.66. The zero-order valence-electron chi connectivity index (χ0n) is 16.8. The predicted octanol–water partition coefficient (Wildman–Crippen LogP) is 4.72. The fraction of sp³-hybridized carbons (Fsp3) is 0.545. The van der Waals surface area contributed by atoms with Crippen LogP contribution in [0.25, 0.3) is 0 Å². The van der Waals surface area contributed by atoms with Crippen molar-refractivity contribution >= 4 is 0 Å². The highest BCUT2D eigenvalue weighted by Crippen LogP contribution is 2.37. The normalized spacial score (nSPS) is 13.9. The van der Waals surface area contributed by atoms with Gasteiger partial charge in [-0.3, -0.25) is 19.8 Å². The minimum Gasteiger partial charge on any atom is -0.293 e. The van der Waals surface area contributed by atoms with Gasteiger partial charge in [-0.2, -0.15) is 0 Å². The van der Waals surface area contributed by atoms with E-state index in [1.165, 1.54) is 0 Å². The summed E-state index contributed by atoms with van der Waals surface area (Å²) in [5.74, 6) is 0. The number of aromatic nitrogens is 2. The predicted molar refractivity (Wildman–Crippen MR) is 109 cm³/mol. The molecular formula is C22H34N4. The molecule has 4 heteroatoms. The van der Waals surface area contributed by atoms with Crippen LogP contribution in [-0.2, 0) is 0 Å². The number of hydrogen-bond donors (Lipinski definition) is 0. The lowest BCUT2D eigenvalue weighted by molar-refractivity contribution is 0.0766. The Labute approximate surface area is 159 Å². The Hall–Kier alpha value is -1.78. The van der Waals surface area contributed by atoms with Crippen molar-refractivity contribution in [3.63, 3.8) is 0 Å². The second-order valence-electron chi connectivity index (χ2n) is 6.66. The SMILES string of the molecule is CCCN(CC)[C@H](c1ccccn1)[C@@H](c1ccccn1)N(CC)CCC. The van der Waals surface area contributed by atoms with Gasteiger partial charge >= 0.3 is 0 Å². The molecule has 0 N–H and O–H groups in total. The lowest BCUT2D eigenvalue weighted by atomic mass is 9.96. The molecule has 2 heterocycles. The van der Waals surface area contributed by atoms with Gasteiger partial charge in [0, 0.05) is 12.4 Å². The molecule has 0 aliphatic rings. The fourth-order valence-electron chi connectivity index (χ4n) is 3.76. The topological polar surface area (TPSA) is 32.3 Å². The van der Waals surface area contributed by atoms with Crippen molar-refractivity contribution in [2.75, 3.05) is 26.2 Å². The number of hydrogen-bond acceptors (Lipinski definition) is 4. The summed E-state index contributed by atoms with van der Waals surface area (Å²) >= 11 is 0. The minimum atomic E-state index is 0.197. The molecule has 0 fully saturated rings. The van der Waals surface area contributed by atoms with Gasteiger partial charge in [-0.25, -0.2) is 0 Å². The summed E-state index contributed by atoms with van der Waals surface area (Å²) in [7, 11) is 0. The summed E-state index contributed by atoms with van der Waals surface area (Å²) < 4.78 is 0. The summed E-state index contributed by atoms with van der Waals surface area (Å²) in [5.41, 5.74) is 2.26. The van der Waals surface area contributed by atoms with E-state index in [1.807, 2.05) is 24.5 Å².